The summed E-state index contributed by atoms with van der Waals surface area (Å²) in [6, 6.07) is 22.0. The van der Waals surface area contributed by atoms with E-state index in [1.54, 1.807) is 11.3 Å². The Labute approximate surface area is 278 Å². The van der Waals surface area contributed by atoms with Crippen molar-refractivity contribution >= 4 is 38.2 Å². The molecule has 0 unspecified atom stereocenters. The topological polar surface area (TPSA) is 51.0 Å². The van der Waals surface area contributed by atoms with Crippen LogP contribution >= 0.6 is 27.3 Å². The van der Waals surface area contributed by atoms with Crippen LogP contribution in [0.1, 0.15) is 86.5 Å². The van der Waals surface area contributed by atoms with Gasteiger partial charge >= 0.3 is 0 Å². The van der Waals surface area contributed by atoms with E-state index in [0.717, 1.165) is 33.6 Å². The number of hydrogen-bond donors (Lipinski definition) is 0. The van der Waals surface area contributed by atoms with Gasteiger partial charge in [0.2, 0.25) is 0 Å². The van der Waals surface area contributed by atoms with Crippen LogP contribution < -0.4 is 5.56 Å². The Morgan fingerprint density at radius 3 is 2.51 bits per heavy atom. The predicted octanol–water partition coefficient (Wildman–Crippen LogP) is 9.20. The highest BCUT2D eigenvalue weighted by molar-refractivity contribution is 9.10. The third kappa shape index (κ3) is 5.84. The first-order valence-corrected chi connectivity index (χ1v) is 18.1. The lowest BCUT2D eigenvalue weighted by molar-refractivity contribution is 0.208. The number of likely N-dealkylation sites (tertiary alicyclic amines) is 1. The zero-order chi connectivity index (χ0) is 31.1. The molecular formula is C38H41BrN4OS. The molecule has 1 saturated heterocycles. The smallest absolute Gasteiger partial charge is 0.281 e. The second-order valence-electron chi connectivity index (χ2n) is 13.4. The van der Waals surface area contributed by atoms with Gasteiger partial charge in [0.1, 0.15) is 5.82 Å². The molecule has 45 heavy (non-hydrogen) atoms. The number of fused-ring (bicyclic) bond motifs is 5. The van der Waals surface area contributed by atoms with Crippen molar-refractivity contribution in [3.63, 3.8) is 0 Å². The Morgan fingerprint density at radius 2 is 1.76 bits per heavy atom. The molecule has 0 saturated carbocycles. The Morgan fingerprint density at radius 1 is 0.978 bits per heavy atom. The molecule has 1 fully saturated rings. The number of rotatable bonds is 9. The van der Waals surface area contributed by atoms with Crippen molar-refractivity contribution in [3.05, 3.63) is 109 Å². The first-order valence-electron chi connectivity index (χ1n) is 16.4. The van der Waals surface area contributed by atoms with Crippen LogP contribution in [-0.2, 0) is 11.8 Å². The Bertz CT molecular complexity index is 1900. The van der Waals surface area contributed by atoms with Gasteiger partial charge in [0.05, 0.1) is 38.1 Å². The van der Waals surface area contributed by atoms with Gasteiger partial charge in [-0.05, 0) is 135 Å². The van der Waals surface area contributed by atoms with E-state index in [-0.39, 0.29) is 11.0 Å². The first-order chi connectivity index (χ1) is 21.8. The lowest BCUT2D eigenvalue weighted by Gasteiger charge is -2.32. The van der Waals surface area contributed by atoms with Crippen molar-refractivity contribution in [2.24, 2.45) is 0 Å². The number of nitrogens with zero attached hydrogens (tertiary/aromatic N) is 4. The molecule has 7 heteroatoms. The fraction of sp³-hybridized carbons (Fsp3) is 0.395. The van der Waals surface area contributed by atoms with Crippen molar-refractivity contribution in [3.8, 4) is 16.1 Å². The van der Waals surface area contributed by atoms with Crippen molar-refractivity contribution in [2.45, 2.75) is 77.0 Å². The van der Waals surface area contributed by atoms with Crippen molar-refractivity contribution in [2.75, 3.05) is 19.6 Å². The van der Waals surface area contributed by atoms with E-state index in [0.29, 0.717) is 11.3 Å². The number of piperidine rings is 1. The first kappa shape index (κ1) is 30.5. The van der Waals surface area contributed by atoms with Gasteiger partial charge in [0.15, 0.2) is 0 Å². The number of benzene rings is 3. The number of halogens is 1. The maximum Gasteiger partial charge on any atom is 0.281 e. The monoisotopic (exact) mass is 680 g/mol. The minimum Gasteiger partial charge on any atom is -0.303 e. The Kier molecular flexibility index (Phi) is 8.53. The number of aromatic nitrogens is 3. The molecule has 4 heterocycles. The summed E-state index contributed by atoms with van der Waals surface area (Å²) in [5.74, 6) is 1.41. The van der Waals surface area contributed by atoms with Crippen LogP contribution in [0.2, 0.25) is 0 Å². The van der Waals surface area contributed by atoms with Crippen molar-refractivity contribution < 1.29 is 0 Å². The molecule has 2 aliphatic rings. The Balaban J connectivity index is 0.904. The molecule has 0 amide bonds. The van der Waals surface area contributed by atoms with Gasteiger partial charge in [-0.15, -0.1) is 11.3 Å². The maximum absolute atomic E-state index is 13.0. The van der Waals surface area contributed by atoms with E-state index in [1.807, 2.05) is 23.7 Å². The quantitative estimate of drug-likeness (QED) is 0.146. The standard InChI is InChI=1S/C38H41BrN4OS/c1-25-35(45-24-40-25)28-14-12-26(13-15-28)9-6-4-5-7-20-42-21-18-27(19-22-42)29-16-17-32-30(23-29)38(2,3)37-41-36(44)34-31(39)10-8-11-33(34)43(32)37/h8,10-17,23-24,27H,4-7,9,18-22H2,1-3H3. The maximum atomic E-state index is 13.0. The van der Waals surface area contributed by atoms with E-state index < -0.39 is 0 Å². The van der Waals surface area contributed by atoms with Crippen LogP contribution in [0.3, 0.4) is 0 Å². The van der Waals surface area contributed by atoms with Crippen molar-refractivity contribution in [1.29, 1.82) is 0 Å². The lowest BCUT2D eigenvalue weighted by Crippen LogP contribution is -2.33. The second kappa shape index (κ2) is 12.6. The van der Waals surface area contributed by atoms with Crippen LogP contribution in [-0.4, -0.2) is 39.1 Å². The molecule has 0 atom stereocenters. The van der Waals surface area contributed by atoms with Crippen LogP contribution in [0.25, 0.3) is 27.0 Å². The molecule has 5 nitrogen and oxygen atoms in total. The molecule has 5 aromatic rings. The molecule has 0 aliphatic carbocycles. The van der Waals surface area contributed by atoms with E-state index in [2.05, 4.69) is 98.6 Å². The molecule has 2 aromatic heterocycles. The average molecular weight is 682 g/mol. The van der Waals surface area contributed by atoms with Gasteiger partial charge in [0, 0.05) is 4.47 Å². The van der Waals surface area contributed by atoms with Crippen LogP contribution in [0, 0.1) is 6.92 Å². The normalized spacial score (nSPS) is 16.3. The van der Waals surface area contributed by atoms with Gasteiger partial charge in [-0.25, -0.2) is 4.98 Å². The number of unbranched alkanes of at least 4 members (excludes halogenated alkanes) is 3. The van der Waals surface area contributed by atoms with Crippen LogP contribution in [0.15, 0.2) is 75.4 Å². The highest BCUT2D eigenvalue weighted by Gasteiger charge is 2.39. The van der Waals surface area contributed by atoms with Crippen LogP contribution in [0.4, 0.5) is 0 Å². The summed E-state index contributed by atoms with van der Waals surface area (Å²) in [5.41, 5.74) is 10.1. The van der Waals surface area contributed by atoms with Crippen LogP contribution in [0.5, 0.6) is 0 Å². The van der Waals surface area contributed by atoms with Gasteiger partial charge in [-0.2, -0.15) is 4.98 Å². The number of thiazole rings is 1. The summed E-state index contributed by atoms with van der Waals surface area (Å²) in [4.78, 5) is 26.0. The summed E-state index contributed by atoms with van der Waals surface area (Å²) in [7, 11) is 0. The van der Waals surface area contributed by atoms with Crippen molar-refractivity contribution in [1.82, 2.24) is 19.4 Å². The highest BCUT2D eigenvalue weighted by atomic mass is 79.9. The van der Waals surface area contributed by atoms with E-state index in [1.165, 1.54) is 85.3 Å². The average Bonchev–Trinajstić information content (AvgIpc) is 3.57. The second-order valence-corrected chi connectivity index (χ2v) is 15.1. The molecule has 0 radical (unpaired) electrons. The molecule has 232 valence electrons. The summed E-state index contributed by atoms with van der Waals surface area (Å²) < 4.78 is 3.00. The zero-order valence-electron chi connectivity index (χ0n) is 26.5. The van der Waals surface area contributed by atoms with Gasteiger partial charge in [-0.3, -0.25) is 9.36 Å². The minimum atomic E-state index is -0.327. The summed E-state index contributed by atoms with van der Waals surface area (Å²) in [5, 5.41) is 0.647. The Hall–Kier alpha value is -3.13. The molecule has 7 rings (SSSR count). The molecule has 0 N–H and O–H groups in total. The molecule has 2 aliphatic heterocycles. The highest BCUT2D eigenvalue weighted by Crippen LogP contribution is 2.45. The zero-order valence-corrected chi connectivity index (χ0v) is 28.9. The predicted molar refractivity (Wildman–Crippen MR) is 190 cm³/mol. The molecule has 0 spiro atoms. The third-order valence-electron chi connectivity index (χ3n) is 10.1. The summed E-state index contributed by atoms with van der Waals surface area (Å²) in [6.45, 7) is 10.0. The molecule has 0 bridgehead atoms. The number of aryl methyl sites for hydroxylation is 2. The SMILES string of the molecule is Cc1ncsc1-c1ccc(CCCCCCN2CCC(c3ccc4c(c3)C(C)(C)c3nc(=O)c5c(Br)cccc5n3-4)CC2)cc1. The van der Waals surface area contributed by atoms with E-state index in [9.17, 15) is 4.79 Å². The number of hydrogen-bond acceptors (Lipinski definition) is 5. The third-order valence-corrected chi connectivity index (χ3v) is 11.7. The fourth-order valence-electron chi connectivity index (χ4n) is 7.42. The summed E-state index contributed by atoms with van der Waals surface area (Å²) in [6.07, 6.45) is 8.72. The molecule has 3 aromatic carbocycles. The summed E-state index contributed by atoms with van der Waals surface area (Å²) >= 11 is 5.30. The van der Waals surface area contributed by atoms with Gasteiger partial charge in [0.25, 0.3) is 5.56 Å². The van der Waals surface area contributed by atoms with Gasteiger partial charge in [-0.1, -0.05) is 55.3 Å². The molecular weight excluding hydrogens is 640 g/mol. The minimum absolute atomic E-state index is 0.162. The van der Waals surface area contributed by atoms with Gasteiger partial charge < -0.3 is 4.90 Å². The fourth-order valence-corrected chi connectivity index (χ4v) is 8.76. The van der Waals surface area contributed by atoms with E-state index >= 15 is 0 Å². The van der Waals surface area contributed by atoms with E-state index in [4.69, 9.17) is 0 Å². The largest absolute Gasteiger partial charge is 0.303 e. The lowest BCUT2D eigenvalue weighted by atomic mass is 9.81.